The fourth-order valence-corrected chi connectivity index (χ4v) is 4.33. The number of hydrogen-bond donors (Lipinski definition) is 1. The van der Waals surface area contributed by atoms with E-state index in [-0.39, 0.29) is 11.8 Å². The van der Waals surface area contributed by atoms with Crippen LogP contribution in [0.2, 0.25) is 0 Å². The van der Waals surface area contributed by atoms with Crippen LogP contribution in [0.5, 0.6) is 5.88 Å². The second kappa shape index (κ2) is 5.94. The second-order valence-electron chi connectivity index (χ2n) is 5.89. The lowest BCUT2D eigenvalue weighted by Crippen LogP contribution is -2.44. The van der Waals surface area contributed by atoms with Gasteiger partial charge in [-0.25, -0.2) is 4.99 Å². The summed E-state index contributed by atoms with van der Waals surface area (Å²) in [4.78, 5) is 25.6. The molecule has 0 spiro atoms. The molecule has 3 heterocycles. The molecule has 1 N–H and O–H groups in total. The van der Waals surface area contributed by atoms with Crippen LogP contribution in [0, 0.1) is 0 Å². The Morgan fingerprint density at radius 1 is 1.25 bits per heavy atom. The topological polar surface area (TPSA) is 69.0 Å². The van der Waals surface area contributed by atoms with E-state index in [1.54, 1.807) is 6.07 Å². The molecule has 1 fully saturated rings. The molecular formula is C16H15BrN4O2S. The SMILES string of the molecule is CN1CCN(c2nc(O)c(C3=c4cc(Br)ccc4=NC3=O)s2)CC1. The molecule has 24 heavy (non-hydrogen) atoms. The van der Waals surface area contributed by atoms with Crippen molar-refractivity contribution < 1.29 is 9.90 Å². The number of thiazole rings is 1. The molecule has 1 aromatic heterocycles. The van der Waals surface area contributed by atoms with Crippen molar-refractivity contribution in [3.8, 4) is 5.88 Å². The van der Waals surface area contributed by atoms with Crippen molar-refractivity contribution in [2.45, 2.75) is 0 Å². The van der Waals surface area contributed by atoms with Gasteiger partial charge in [-0.2, -0.15) is 4.98 Å². The van der Waals surface area contributed by atoms with Crippen molar-refractivity contribution in [2.75, 3.05) is 38.1 Å². The van der Waals surface area contributed by atoms with Crippen molar-refractivity contribution in [2.24, 2.45) is 4.99 Å². The number of aromatic hydroxyl groups is 1. The van der Waals surface area contributed by atoms with Gasteiger partial charge in [0.05, 0.1) is 10.9 Å². The Hall–Kier alpha value is -1.77. The number of benzene rings is 1. The molecule has 0 saturated carbocycles. The van der Waals surface area contributed by atoms with Gasteiger partial charge in [-0.05, 0) is 25.2 Å². The van der Waals surface area contributed by atoms with Gasteiger partial charge < -0.3 is 14.9 Å². The van der Waals surface area contributed by atoms with E-state index in [4.69, 9.17) is 0 Å². The third-order valence-corrected chi connectivity index (χ3v) is 5.88. The lowest BCUT2D eigenvalue weighted by Gasteiger charge is -2.31. The van der Waals surface area contributed by atoms with Crippen molar-refractivity contribution in [1.82, 2.24) is 9.88 Å². The number of halogens is 1. The molecule has 1 aromatic carbocycles. The molecule has 2 aromatic rings. The normalized spacial score (nSPS) is 18.0. The predicted octanol–water partition coefficient (Wildman–Crippen LogP) is 0.722. The number of aromatic nitrogens is 1. The molecular weight excluding hydrogens is 392 g/mol. The molecule has 1 amide bonds. The highest BCUT2D eigenvalue weighted by atomic mass is 79.9. The number of nitrogens with zero attached hydrogens (tertiary/aromatic N) is 4. The quantitative estimate of drug-likeness (QED) is 0.795. The van der Waals surface area contributed by atoms with E-state index in [2.05, 4.69) is 42.8 Å². The van der Waals surface area contributed by atoms with E-state index in [0.717, 1.165) is 41.0 Å². The summed E-state index contributed by atoms with van der Waals surface area (Å²) in [6.45, 7) is 3.63. The van der Waals surface area contributed by atoms with Crippen LogP contribution in [0.3, 0.4) is 0 Å². The zero-order valence-corrected chi connectivity index (χ0v) is 15.4. The van der Waals surface area contributed by atoms with Crippen molar-refractivity contribution in [1.29, 1.82) is 0 Å². The average molecular weight is 407 g/mol. The van der Waals surface area contributed by atoms with Crippen LogP contribution in [-0.4, -0.2) is 54.1 Å². The second-order valence-corrected chi connectivity index (χ2v) is 7.79. The molecule has 0 radical (unpaired) electrons. The van der Waals surface area contributed by atoms with Gasteiger partial charge in [-0.3, -0.25) is 4.79 Å². The maximum absolute atomic E-state index is 12.4. The highest BCUT2D eigenvalue weighted by Gasteiger charge is 2.27. The third kappa shape index (κ3) is 2.64. The van der Waals surface area contributed by atoms with E-state index >= 15 is 0 Å². The van der Waals surface area contributed by atoms with E-state index < -0.39 is 0 Å². The lowest BCUT2D eigenvalue weighted by molar-refractivity contribution is -0.112. The summed E-state index contributed by atoms with van der Waals surface area (Å²) < 4.78 is 0.868. The molecule has 1 saturated heterocycles. The van der Waals surface area contributed by atoms with E-state index in [1.807, 2.05) is 12.1 Å². The van der Waals surface area contributed by atoms with Gasteiger partial charge in [0.25, 0.3) is 5.91 Å². The number of fused-ring (bicyclic) bond motifs is 1. The smallest absolute Gasteiger partial charge is 0.279 e. The van der Waals surface area contributed by atoms with Gasteiger partial charge in [-0.1, -0.05) is 27.3 Å². The fourth-order valence-electron chi connectivity index (χ4n) is 2.90. The molecule has 0 bridgehead atoms. The molecule has 2 aliphatic heterocycles. The molecule has 0 aliphatic carbocycles. The minimum atomic E-state index is -0.327. The van der Waals surface area contributed by atoms with Crippen LogP contribution in [0.4, 0.5) is 5.13 Å². The standard InChI is InChI=1S/C16H15BrN4O2S/c1-20-4-6-21(7-5-20)16-19-15(23)13(24-16)12-10-8-9(17)2-3-11(10)18-14(12)22/h2-3,8,23H,4-7H2,1H3. The number of likely N-dealkylation sites (N-methyl/N-ethyl adjacent to an activating group) is 1. The first-order valence-corrected chi connectivity index (χ1v) is 9.20. The van der Waals surface area contributed by atoms with Gasteiger partial charge in [-0.15, -0.1) is 0 Å². The Morgan fingerprint density at radius 2 is 2.00 bits per heavy atom. The van der Waals surface area contributed by atoms with Crippen LogP contribution < -0.4 is 15.5 Å². The van der Waals surface area contributed by atoms with E-state index in [0.29, 0.717) is 15.8 Å². The summed E-state index contributed by atoms with van der Waals surface area (Å²) in [5, 5.41) is 12.4. The number of carbonyl (C=O) groups is 1. The molecule has 0 atom stereocenters. The third-order valence-electron chi connectivity index (χ3n) is 4.26. The number of anilines is 1. The Morgan fingerprint density at radius 3 is 2.75 bits per heavy atom. The highest BCUT2D eigenvalue weighted by Crippen LogP contribution is 2.36. The molecule has 4 rings (SSSR count). The number of rotatable bonds is 2. The predicted molar refractivity (Wildman–Crippen MR) is 95.9 cm³/mol. The highest BCUT2D eigenvalue weighted by molar-refractivity contribution is 9.10. The monoisotopic (exact) mass is 406 g/mol. The first kappa shape index (κ1) is 15.7. The summed E-state index contributed by atoms with van der Waals surface area (Å²) >= 11 is 4.77. The van der Waals surface area contributed by atoms with Crippen LogP contribution in [0.1, 0.15) is 4.88 Å². The Labute approximate surface area is 150 Å². The van der Waals surface area contributed by atoms with Crippen molar-refractivity contribution in [3.63, 3.8) is 0 Å². The van der Waals surface area contributed by atoms with Gasteiger partial charge >= 0.3 is 0 Å². The van der Waals surface area contributed by atoms with Crippen LogP contribution in [-0.2, 0) is 4.79 Å². The minimum absolute atomic E-state index is 0.0969. The maximum Gasteiger partial charge on any atom is 0.279 e. The van der Waals surface area contributed by atoms with Gasteiger partial charge in [0, 0.05) is 35.9 Å². The number of hydrogen-bond acceptors (Lipinski definition) is 6. The molecule has 8 heteroatoms. The van der Waals surface area contributed by atoms with Crippen molar-refractivity contribution >= 4 is 43.9 Å². The van der Waals surface area contributed by atoms with Crippen LogP contribution in [0.15, 0.2) is 27.7 Å². The van der Waals surface area contributed by atoms with E-state index in [9.17, 15) is 9.90 Å². The average Bonchev–Trinajstić information content (AvgIpc) is 3.07. The lowest BCUT2D eigenvalue weighted by atomic mass is 10.1. The Balaban J connectivity index is 1.79. The number of carbonyl (C=O) groups excluding carboxylic acids is 1. The van der Waals surface area contributed by atoms with Gasteiger partial charge in [0.15, 0.2) is 5.13 Å². The Bertz CT molecular complexity index is 947. The largest absolute Gasteiger partial charge is 0.492 e. The minimum Gasteiger partial charge on any atom is -0.492 e. The molecule has 2 aliphatic rings. The van der Waals surface area contributed by atoms with Gasteiger partial charge in [0.2, 0.25) is 5.88 Å². The van der Waals surface area contributed by atoms with E-state index in [1.165, 1.54) is 11.3 Å². The summed E-state index contributed by atoms with van der Waals surface area (Å²) in [7, 11) is 2.09. The molecule has 6 nitrogen and oxygen atoms in total. The first-order valence-electron chi connectivity index (χ1n) is 7.59. The maximum atomic E-state index is 12.4. The Kier molecular flexibility index (Phi) is 3.90. The van der Waals surface area contributed by atoms with Gasteiger partial charge in [0.1, 0.15) is 4.88 Å². The summed E-state index contributed by atoms with van der Waals surface area (Å²) in [6, 6.07) is 5.50. The number of piperazine rings is 1. The zero-order chi connectivity index (χ0) is 16.8. The van der Waals surface area contributed by atoms with Crippen LogP contribution >= 0.6 is 27.3 Å². The summed E-state index contributed by atoms with van der Waals surface area (Å²) in [5.74, 6) is -0.424. The molecule has 124 valence electrons. The zero-order valence-electron chi connectivity index (χ0n) is 13.0. The first-order chi connectivity index (χ1) is 11.5. The summed E-state index contributed by atoms with van der Waals surface area (Å²) in [6.07, 6.45) is 0. The molecule has 0 unspecified atom stereocenters. The fraction of sp³-hybridized carbons (Fsp3) is 0.312. The number of amides is 1. The summed E-state index contributed by atoms with van der Waals surface area (Å²) in [5.41, 5.74) is 0.432. The van der Waals surface area contributed by atoms with Crippen LogP contribution in [0.25, 0.3) is 5.57 Å². The van der Waals surface area contributed by atoms with Crippen molar-refractivity contribution in [3.05, 3.63) is 38.1 Å².